The number of hydrogen-bond acceptors (Lipinski definition) is 5. The number of amides is 2. The number of nitrogens with zero attached hydrogens (tertiary/aromatic N) is 2. The molecule has 0 aliphatic heterocycles. The van der Waals surface area contributed by atoms with Crippen molar-refractivity contribution in [3.05, 3.63) is 89.4 Å². The Morgan fingerprint density at radius 2 is 1.62 bits per heavy atom. The lowest BCUT2D eigenvalue weighted by molar-refractivity contribution is -0.139. The van der Waals surface area contributed by atoms with Crippen molar-refractivity contribution in [1.82, 2.24) is 10.2 Å². The van der Waals surface area contributed by atoms with Crippen LogP contribution in [0.15, 0.2) is 83.8 Å². The number of benzene rings is 3. The first-order valence-corrected chi connectivity index (χ1v) is 14.7. The van der Waals surface area contributed by atoms with Gasteiger partial charge >= 0.3 is 0 Å². The first-order chi connectivity index (χ1) is 18.8. The Kier molecular flexibility index (Phi) is 10.2. The molecule has 10 heteroatoms. The van der Waals surface area contributed by atoms with Gasteiger partial charge in [-0.25, -0.2) is 8.42 Å². The van der Waals surface area contributed by atoms with Crippen molar-refractivity contribution < 1.29 is 22.7 Å². The number of methoxy groups -OCH3 is 1. The van der Waals surface area contributed by atoms with Gasteiger partial charge in [-0.15, -0.1) is 0 Å². The summed E-state index contributed by atoms with van der Waals surface area (Å²) in [6.07, 6.45) is 0.488. The average molecular weight is 586 g/mol. The third kappa shape index (κ3) is 8.22. The fourth-order valence-electron chi connectivity index (χ4n) is 4.08. The van der Waals surface area contributed by atoms with Crippen molar-refractivity contribution in [3.8, 4) is 5.75 Å². The van der Waals surface area contributed by atoms with Crippen molar-refractivity contribution in [2.45, 2.75) is 50.6 Å². The summed E-state index contributed by atoms with van der Waals surface area (Å²) in [6.45, 7) is 6.90. The van der Waals surface area contributed by atoms with E-state index in [1.54, 1.807) is 25.1 Å². The fourth-order valence-corrected chi connectivity index (χ4v) is 5.67. The maximum atomic E-state index is 13.9. The molecule has 3 aromatic rings. The molecule has 0 radical (unpaired) electrons. The highest BCUT2D eigenvalue weighted by atomic mass is 35.5. The van der Waals surface area contributed by atoms with Crippen molar-refractivity contribution in [2.24, 2.45) is 0 Å². The van der Waals surface area contributed by atoms with E-state index in [-0.39, 0.29) is 23.0 Å². The molecule has 0 fully saturated rings. The summed E-state index contributed by atoms with van der Waals surface area (Å²) in [5.74, 6) is -0.360. The molecule has 2 amide bonds. The highest BCUT2D eigenvalue weighted by Crippen LogP contribution is 2.27. The van der Waals surface area contributed by atoms with Crippen LogP contribution in [0.1, 0.15) is 33.3 Å². The summed E-state index contributed by atoms with van der Waals surface area (Å²) >= 11 is 6.21. The van der Waals surface area contributed by atoms with E-state index in [0.29, 0.717) is 17.2 Å². The molecule has 0 saturated heterocycles. The second-order valence-electron chi connectivity index (χ2n) is 10.4. The lowest BCUT2D eigenvalue weighted by Gasteiger charge is -2.33. The van der Waals surface area contributed by atoms with Gasteiger partial charge in [-0.1, -0.05) is 48.0 Å². The van der Waals surface area contributed by atoms with E-state index < -0.39 is 34.1 Å². The lowest BCUT2D eigenvalue weighted by atomic mass is 10.1. The lowest BCUT2D eigenvalue weighted by Crippen LogP contribution is -2.55. The Labute approximate surface area is 241 Å². The van der Waals surface area contributed by atoms with E-state index in [1.165, 1.54) is 42.3 Å². The van der Waals surface area contributed by atoms with Crippen LogP contribution in [0.25, 0.3) is 0 Å². The van der Waals surface area contributed by atoms with E-state index >= 15 is 0 Å². The molecule has 0 aliphatic rings. The summed E-state index contributed by atoms with van der Waals surface area (Å²) in [4.78, 5) is 28.4. The molecule has 0 saturated carbocycles. The first kappa shape index (κ1) is 31.0. The molecule has 3 rings (SSSR count). The van der Waals surface area contributed by atoms with E-state index in [9.17, 15) is 18.0 Å². The molecule has 1 atom stereocenters. The van der Waals surface area contributed by atoms with Crippen molar-refractivity contribution in [2.75, 3.05) is 24.5 Å². The summed E-state index contributed by atoms with van der Waals surface area (Å²) in [6, 6.07) is 20.9. The number of anilines is 1. The number of ether oxygens (including phenoxy) is 1. The predicted octanol–water partition coefficient (Wildman–Crippen LogP) is 4.92. The van der Waals surface area contributed by atoms with Gasteiger partial charge in [-0.2, -0.15) is 0 Å². The predicted molar refractivity (Wildman–Crippen MR) is 158 cm³/mol. The number of hydrogen-bond donors (Lipinski definition) is 1. The first-order valence-electron chi connectivity index (χ1n) is 12.9. The number of carbonyl (C=O) groups is 2. The van der Waals surface area contributed by atoms with Gasteiger partial charge in [0.15, 0.2) is 0 Å². The number of sulfonamides is 1. The normalized spacial score (nSPS) is 12.3. The highest BCUT2D eigenvalue weighted by Gasteiger charge is 2.33. The zero-order chi connectivity index (χ0) is 29.5. The molecule has 0 spiro atoms. The molecular weight excluding hydrogens is 550 g/mol. The molecule has 0 aliphatic carbocycles. The van der Waals surface area contributed by atoms with Crippen LogP contribution in [-0.2, 0) is 26.0 Å². The van der Waals surface area contributed by atoms with Crippen LogP contribution in [-0.4, -0.2) is 56.9 Å². The molecule has 0 aromatic heterocycles. The van der Waals surface area contributed by atoms with Crippen LogP contribution < -0.4 is 14.4 Å². The van der Waals surface area contributed by atoms with Gasteiger partial charge in [0.05, 0.1) is 17.7 Å². The van der Waals surface area contributed by atoms with Crippen molar-refractivity contribution >= 4 is 39.1 Å². The fraction of sp³-hybridized carbons (Fsp3) is 0.333. The molecule has 0 heterocycles. The van der Waals surface area contributed by atoms with Gasteiger partial charge in [0.1, 0.15) is 18.3 Å². The summed E-state index contributed by atoms with van der Waals surface area (Å²) in [5.41, 5.74) is 0.706. The van der Waals surface area contributed by atoms with Crippen molar-refractivity contribution in [1.29, 1.82) is 0 Å². The largest absolute Gasteiger partial charge is 0.497 e. The van der Waals surface area contributed by atoms with Gasteiger partial charge in [-0.05, 0) is 82.1 Å². The highest BCUT2D eigenvalue weighted by molar-refractivity contribution is 7.92. The molecule has 0 unspecified atom stereocenters. The molecule has 1 N–H and O–H groups in total. The minimum Gasteiger partial charge on any atom is -0.497 e. The zero-order valence-electron chi connectivity index (χ0n) is 23.4. The number of carbonyl (C=O) groups excluding carboxylic acids is 2. The molecule has 3 aromatic carbocycles. The van der Waals surface area contributed by atoms with Crippen LogP contribution in [0.4, 0.5) is 5.69 Å². The summed E-state index contributed by atoms with van der Waals surface area (Å²) in [7, 11) is -2.71. The monoisotopic (exact) mass is 585 g/mol. The standard InChI is InChI=1S/C30H36ClN3O5S/c1-22(29(36)32-30(2,3)4)33(19-18-23-10-7-6-8-11-23)28(35)21-34(25-13-9-12-24(31)20-25)40(37,38)27-16-14-26(39-5)15-17-27/h6-17,20,22H,18-19,21H2,1-5H3,(H,32,36)/t22-/m0/s1. The SMILES string of the molecule is COc1ccc(S(=O)(=O)N(CC(=O)N(CCc2ccccc2)[C@@H](C)C(=O)NC(C)(C)C)c2cccc(Cl)c2)cc1. The topological polar surface area (TPSA) is 96.0 Å². The number of halogens is 1. The smallest absolute Gasteiger partial charge is 0.264 e. The van der Waals surface area contributed by atoms with E-state index in [1.807, 2.05) is 51.1 Å². The quantitative estimate of drug-likeness (QED) is 0.345. The summed E-state index contributed by atoms with van der Waals surface area (Å²) < 4.78 is 33.9. The van der Waals surface area contributed by atoms with Crippen LogP contribution >= 0.6 is 11.6 Å². The second kappa shape index (κ2) is 13.2. The molecule has 0 bridgehead atoms. The molecule has 40 heavy (non-hydrogen) atoms. The number of nitrogens with one attached hydrogen (secondary N) is 1. The second-order valence-corrected chi connectivity index (χ2v) is 12.7. The van der Waals surface area contributed by atoms with Crippen LogP contribution in [0.3, 0.4) is 0 Å². The van der Waals surface area contributed by atoms with E-state index in [0.717, 1.165) is 9.87 Å². The Bertz CT molecular complexity index is 1410. The van der Waals surface area contributed by atoms with Crippen LogP contribution in [0, 0.1) is 0 Å². The van der Waals surface area contributed by atoms with Gasteiger partial charge in [-0.3, -0.25) is 13.9 Å². The molecule has 214 valence electrons. The van der Waals surface area contributed by atoms with Gasteiger partial charge in [0.2, 0.25) is 11.8 Å². The summed E-state index contributed by atoms with van der Waals surface area (Å²) in [5, 5.41) is 3.24. The minimum atomic E-state index is -4.20. The van der Waals surface area contributed by atoms with E-state index in [4.69, 9.17) is 16.3 Å². The molecular formula is C30H36ClN3O5S. The van der Waals surface area contributed by atoms with Gasteiger partial charge in [0.25, 0.3) is 10.0 Å². The van der Waals surface area contributed by atoms with Gasteiger partial charge < -0.3 is 15.0 Å². The maximum Gasteiger partial charge on any atom is 0.264 e. The third-order valence-electron chi connectivity index (χ3n) is 6.17. The van der Waals surface area contributed by atoms with Crippen LogP contribution in [0.5, 0.6) is 5.75 Å². The Morgan fingerprint density at radius 3 is 2.20 bits per heavy atom. The van der Waals surface area contributed by atoms with Crippen molar-refractivity contribution in [3.63, 3.8) is 0 Å². The Morgan fingerprint density at radius 1 is 0.975 bits per heavy atom. The average Bonchev–Trinajstić information content (AvgIpc) is 2.91. The maximum absolute atomic E-state index is 13.9. The number of rotatable bonds is 11. The third-order valence-corrected chi connectivity index (χ3v) is 8.20. The van der Waals surface area contributed by atoms with Gasteiger partial charge in [0, 0.05) is 17.1 Å². The Balaban J connectivity index is 1.99. The molecule has 8 nitrogen and oxygen atoms in total. The van der Waals surface area contributed by atoms with Crippen LogP contribution in [0.2, 0.25) is 5.02 Å². The minimum absolute atomic E-state index is 0.0181. The van der Waals surface area contributed by atoms with E-state index in [2.05, 4.69) is 5.32 Å². The Hall–Kier alpha value is -3.56. The zero-order valence-corrected chi connectivity index (χ0v) is 25.0.